The molecule has 1 unspecified atom stereocenters. The number of para-hydroxylation sites is 1. The van der Waals surface area contributed by atoms with Crippen molar-refractivity contribution in [3.63, 3.8) is 0 Å². The maximum atomic E-state index is 13.7. The number of benzene rings is 2. The number of aryl methyl sites for hydroxylation is 3. The first-order valence-electron chi connectivity index (χ1n) is 10.1. The molecule has 2 aliphatic rings. The Morgan fingerprint density at radius 3 is 2.45 bits per heavy atom. The molecule has 4 rings (SSSR count). The van der Waals surface area contributed by atoms with Gasteiger partial charge in [0.2, 0.25) is 0 Å². The maximum Gasteiger partial charge on any atom is 0.416 e. The van der Waals surface area contributed by atoms with Gasteiger partial charge in [0, 0.05) is 18.5 Å². The summed E-state index contributed by atoms with van der Waals surface area (Å²) in [4.78, 5) is 25.3. The summed E-state index contributed by atoms with van der Waals surface area (Å²) in [7, 11) is -3.80. The second-order valence-corrected chi connectivity index (χ2v) is 9.69. The molecule has 2 aromatic rings. The van der Waals surface area contributed by atoms with Gasteiger partial charge in [0.15, 0.2) is 0 Å². The molecule has 2 aromatic carbocycles. The van der Waals surface area contributed by atoms with Crippen LogP contribution in [0.25, 0.3) is 0 Å². The van der Waals surface area contributed by atoms with Crippen molar-refractivity contribution in [2.45, 2.75) is 31.6 Å². The molecule has 162 valence electrons. The summed E-state index contributed by atoms with van der Waals surface area (Å²) in [6.07, 6.45) is 2.33. The van der Waals surface area contributed by atoms with E-state index < -0.39 is 22.0 Å². The zero-order valence-corrected chi connectivity index (χ0v) is 18.5. The lowest BCUT2D eigenvalue weighted by Crippen LogP contribution is -2.31. The van der Waals surface area contributed by atoms with E-state index in [4.69, 9.17) is 4.74 Å². The zero-order valence-electron chi connectivity index (χ0n) is 17.7. The second kappa shape index (κ2) is 7.85. The number of cyclic esters (lactones) is 1. The lowest BCUT2D eigenvalue weighted by atomic mass is 10.0. The van der Waals surface area contributed by atoms with Gasteiger partial charge in [0.25, 0.3) is 15.9 Å². The number of carbonyl (C=O) groups is 2. The predicted molar refractivity (Wildman–Crippen MR) is 117 cm³/mol. The molecular weight excluding hydrogens is 416 g/mol. The molecule has 1 atom stereocenters. The molecule has 2 amide bonds. The first-order valence-corrected chi connectivity index (χ1v) is 11.5. The van der Waals surface area contributed by atoms with E-state index in [1.165, 1.54) is 10.4 Å². The smallest absolute Gasteiger partial charge is 0.416 e. The fourth-order valence-electron chi connectivity index (χ4n) is 4.36. The third-order valence-corrected chi connectivity index (χ3v) is 7.70. The number of fused-ring (bicyclic) bond motifs is 1. The van der Waals surface area contributed by atoms with Gasteiger partial charge in [-0.1, -0.05) is 42.0 Å². The average molecular weight is 441 g/mol. The third-order valence-electron chi connectivity index (χ3n) is 5.62. The van der Waals surface area contributed by atoms with Crippen molar-refractivity contribution < 1.29 is 22.7 Å². The molecular formula is C23H24N2O5S. The summed E-state index contributed by atoms with van der Waals surface area (Å²) in [6, 6.07) is 11.0. The van der Waals surface area contributed by atoms with Gasteiger partial charge in [-0.25, -0.2) is 18.1 Å². The Hall–Kier alpha value is -3.13. The molecule has 0 aliphatic carbocycles. The van der Waals surface area contributed by atoms with Gasteiger partial charge >= 0.3 is 6.09 Å². The topological polar surface area (TPSA) is 84.0 Å². The lowest BCUT2D eigenvalue weighted by molar-refractivity contribution is -0.122. The molecule has 2 heterocycles. The van der Waals surface area contributed by atoms with Crippen LogP contribution in [0.5, 0.6) is 0 Å². The molecule has 0 radical (unpaired) electrons. The monoisotopic (exact) mass is 440 g/mol. The van der Waals surface area contributed by atoms with Crippen LogP contribution in [-0.2, 0) is 19.6 Å². The largest absolute Gasteiger partial charge is 0.447 e. The summed E-state index contributed by atoms with van der Waals surface area (Å²) in [6.45, 7) is 6.14. The van der Waals surface area contributed by atoms with Crippen molar-refractivity contribution in [2.75, 3.05) is 24.0 Å². The van der Waals surface area contributed by atoms with E-state index >= 15 is 0 Å². The highest BCUT2D eigenvalue weighted by Crippen LogP contribution is 2.41. The predicted octanol–water partition coefficient (Wildman–Crippen LogP) is 3.44. The molecule has 0 aromatic heterocycles. The Kier molecular flexibility index (Phi) is 5.35. The standard InChI is InChI=1S/C23H24N2O5S/c1-15-12-16(2)22(17(3)13-15)31(28,29)25-14-18(19-6-4-5-7-20(19)25)8-9-21(26)24-10-11-30-23(24)27/h4-9,12-13,18H,10-11,14H2,1-3H3/b9-8+. The number of carbonyl (C=O) groups excluding carboxylic acids is 2. The SMILES string of the molecule is Cc1cc(C)c(S(=O)(=O)N2CC(/C=C/C(=O)N3CCOC3=O)c3ccccc32)c(C)c1. The first-order chi connectivity index (χ1) is 14.7. The Morgan fingerprint density at radius 2 is 1.81 bits per heavy atom. The number of nitrogens with zero attached hydrogens (tertiary/aromatic N) is 2. The van der Waals surface area contributed by atoms with Crippen LogP contribution >= 0.6 is 0 Å². The van der Waals surface area contributed by atoms with E-state index in [2.05, 4.69) is 0 Å². The van der Waals surface area contributed by atoms with Gasteiger partial charge in [-0.3, -0.25) is 9.10 Å². The number of ether oxygens (including phenoxy) is 1. The van der Waals surface area contributed by atoms with Gasteiger partial charge in [-0.15, -0.1) is 0 Å². The zero-order chi connectivity index (χ0) is 22.3. The van der Waals surface area contributed by atoms with Crippen molar-refractivity contribution in [3.05, 3.63) is 70.8 Å². The maximum absolute atomic E-state index is 13.7. The highest BCUT2D eigenvalue weighted by atomic mass is 32.2. The Morgan fingerprint density at radius 1 is 1.13 bits per heavy atom. The quantitative estimate of drug-likeness (QED) is 0.680. The number of amides is 2. The van der Waals surface area contributed by atoms with Crippen LogP contribution in [0.2, 0.25) is 0 Å². The van der Waals surface area contributed by atoms with E-state index in [0.29, 0.717) is 21.7 Å². The molecule has 8 heteroatoms. The summed E-state index contributed by atoms with van der Waals surface area (Å²) >= 11 is 0. The molecule has 0 N–H and O–H groups in total. The van der Waals surface area contributed by atoms with Crippen LogP contribution < -0.4 is 4.31 Å². The molecule has 7 nitrogen and oxygen atoms in total. The number of rotatable bonds is 4. The molecule has 2 aliphatic heterocycles. The minimum absolute atomic E-state index is 0.183. The van der Waals surface area contributed by atoms with Crippen molar-refractivity contribution >= 4 is 27.7 Å². The average Bonchev–Trinajstić information content (AvgIpc) is 3.29. The second-order valence-electron chi connectivity index (χ2n) is 7.89. The minimum atomic E-state index is -3.80. The van der Waals surface area contributed by atoms with Crippen LogP contribution in [0.1, 0.15) is 28.2 Å². The van der Waals surface area contributed by atoms with Gasteiger partial charge in [-0.05, 0) is 43.5 Å². The van der Waals surface area contributed by atoms with E-state index in [1.807, 2.05) is 31.2 Å². The number of anilines is 1. The van der Waals surface area contributed by atoms with Crippen LogP contribution in [0.4, 0.5) is 10.5 Å². The van der Waals surface area contributed by atoms with Gasteiger partial charge in [0.1, 0.15) is 6.61 Å². The van der Waals surface area contributed by atoms with E-state index in [-0.39, 0.29) is 25.6 Å². The highest BCUT2D eigenvalue weighted by Gasteiger charge is 2.37. The van der Waals surface area contributed by atoms with Crippen molar-refractivity contribution in [3.8, 4) is 0 Å². The van der Waals surface area contributed by atoms with Gasteiger partial charge < -0.3 is 4.74 Å². The molecule has 0 bridgehead atoms. The van der Waals surface area contributed by atoms with Gasteiger partial charge in [-0.2, -0.15) is 0 Å². The number of imide groups is 1. The summed E-state index contributed by atoms with van der Waals surface area (Å²) in [5, 5.41) is 0. The van der Waals surface area contributed by atoms with E-state index in [1.54, 1.807) is 32.1 Å². The van der Waals surface area contributed by atoms with Crippen LogP contribution in [0, 0.1) is 20.8 Å². The van der Waals surface area contributed by atoms with Crippen molar-refractivity contribution in [1.29, 1.82) is 0 Å². The highest BCUT2D eigenvalue weighted by molar-refractivity contribution is 7.93. The van der Waals surface area contributed by atoms with Crippen LogP contribution in [-0.4, -0.2) is 45.0 Å². The fraction of sp³-hybridized carbons (Fsp3) is 0.304. The Bertz CT molecular complexity index is 1180. The number of hydrogen-bond donors (Lipinski definition) is 0. The molecule has 0 spiro atoms. The fourth-order valence-corrected chi connectivity index (χ4v) is 6.30. The van der Waals surface area contributed by atoms with Crippen LogP contribution in [0.3, 0.4) is 0 Å². The van der Waals surface area contributed by atoms with Gasteiger partial charge in [0.05, 0.1) is 17.1 Å². The molecule has 1 fully saturated rings. The molecule has 0 saturated carbocycles. The summed E-state index contributed by atoms with van der Waals surface area (Å²) in [5.41, 5.74) is 3.84. The Balaban J connectivity index is 1.68. The number of sulfonamides is 1. The van der Waals surface area contributed by atoms with Crippen molar-refractivity contribution in [2.24, 2.45) is 0 Å². The normalized spacial score (nSPS) is 18.5. The van der Waals surface area contributed by atoms with E-state index in [9.17, 15) is 18.0 Å². The van der Waals surface area contributed by atoms with E-state index in [0.717, 1.165) is 16.0 Å². The first kappa shape index (κ1) is 21.1. The number of hydrogen-bond acceptors (Lipinski definition) is 5. The molecule has 1 saturated heterocycles. The van der Waals surface area contributed by atoms with Crippen LogP contribution in [0.15, 0.2) is 53.4 Å². The van der Waals surface area contributed by atoms with Crippen molar-refractivity contribution in [1.82, 2.24) is 4.90 Å². The molecule has 31 heavy (non-hydrogen) atoms. The third kappa shape index (κ3) is 3.72. The summed E-state index contributed by atoms with van der Waals surface area (Å²) < 4.78 is 33.5. The lowest BCUT2D eigenvalue weighted by Gasteiger charge is -2.22. The summed E-state index contributed by atoms with van der Waals surface area (Å²) in [5.74, 6) is -0.772. The Labute approximate surface area is 182 Å². The minimum Gasteiger partial charge on any atom is -0.447 e.